The van der Waals surface area contributed by atoms with Crippen LogP contribution in [0.25, 0.3) is 0 Å². The van der Waals surface area contributed by atoms with Gasteiger partial charge in [0, 0.05) is 17.2 Å². The van der Waals surface area contributed by atoms with Crippen molar-refractivity contribution in [3.8, 4) is 0 Å². The van der Waals surface area contributed by atoms with E-state index in [-0.39, 0.29) is 5.97 Å². The first kappa shape index (κ1) is 13.6. The lowest BCUT2D eigenvalue weighted by Crippen LogP contribution is -2.24. The third kappa shape index (κ3) is 3.14. The fourth-order valence-electron chi connectivity index (χ4n) is 1.73. The lowest BCUT2D eigenvalue weighted by Gasteiger charge is -2.18. The second-order valence-corrected chi connectivity index (χ2v) is 4.95. The fourth-order valence-corrected chi connectivity index (χ4v) is 1.99. The predicted octanol–water partition coefficient (Wildman–Crippen LogP) is 2.51. The maximum Gasteiger partial charge on any atom is 0.334 e. The van der Waals surface area contributed by atoms with E-state index in [2.05, 4.69) is 26.2 Å². The molecule has 0 saturated heterocycles. The minimum atomic E-state index is -0.585. The van der Waals surface area contributed by atoms with Crippen molar-refractivity contribution >= 4 is 27.6 Å². The summed E-state index contributed by atoms with van der Waals surface area (Å²) in [5, 5.41) is 3.14. The molecule has 1 aromatic heterocycles. The van der Waals surface area contributed by atoms with Crippen LogP contribution in [0.3, 0.4) is 0 Å². The van der Waals surface area contributed by atoms with Gasteiger partial charge in [-0.2, -0.15) is 0 Å². The van der Waals surface area contributed by atoms with E-state index in [0.29, 0.717) is 0 Å². The quantitative estimate of drug-likeness (QED) is 0.878. The Bertz CT molecular complexity index is 566. The van der Waals surface area contributed by atoms with Crippen LogP contribution in [0.2, 0.25) is 0 Å². The number of esters is 1. The highest BCUT2D eigenvalue weighted by Gasteiger charge is 2.24. The standard InChI is InChI=1S/C13H14BrN3O2/c1-17-8-15-7-11(17)12(13(18)19-2)16-10-5-3-9(14)4-6-10/h3-8,12,16H,1-2H3. The third-order valence-corrected chi connectivity index (χ3v) is 3.27. The summed E-state index contributed by atoms with van der Waals surface area (Å²) in [6, 6.07) is 6.99. The van der Waals surface area contributed by atoms with Gasteiger partial charge >= 0.3 is 5.97 Å². The number of imidazole rings is 1. The minimum Gasteiger partial charge on any atom is -0.467 e. The van der Waals surface area contributed by atoms with Crippen LogP contribution >= 0.6 is 15.9 Å². The van der Waals surface area contributed by atoms with Gasteiger partial charge in [-0.05, 0) is 24.3 Å². The largest absolute Gasteiger partial charge is 0.467 e. The SMILES string of the molecule is COC(=O)C(Nc1ccc(Br)cc1)c1cncn1C. The Balaban J connectivity index is 2.27. The molecule has 2 rings (SSSR count). The number of halogens is 1. The number of ether oxygens (including phenoxy) is 1. The number of carbonyl (C=O) groups is 1. The first-order valence-corrected chi connectivity index (χ1v) is 6.47. The molecule has 1 N–H and O–H groups in total. The smallest absolute Gasteiger partial charge is 0.334 e. The second kappa shape index (κ2) is 5.88. The highest BCUT2D eigenvalue weighted by Crippen LogP contribution is 2.22. The molecule has 0 aliphatic heterocycles. The zero-order valence-corrected chi connectivity index (χ0v) is 12.2. The number of hydrogen-bond acceptors (Lipinski definition) is 4. The summed E-state index contributed by atoms with van der Waals surface area (Å²) in [6.45, 7) is 0. The van der Waals surface area contributed by atoms with E-state index in [0.717, 1.165) is 15.9 Å². The van der Waals surface area contributed by atoms with Gasteiger partial charge in [-0.1, -0.05) is 15.9 Å². The molecule has 1 heterocycles. The van der Waals surface area contributed by atoms with Crippen LogP contribution in [0.5, 0.6) is 0 Å². The Morgan fingerprint density at radius 3 is 2.63 bits per heavy atom. The summed E-state index contributed by atoms with van der Waals surface area (Å²) < 4.78 is 7.60. The molecule has 5 nitrogen and oxygen atoms in total. The molecule has 0 amide bonds. The van der Waals surface area contributed by atoms with E-state index < -0.39 is 6.04 Å². The molecule has 0 aliphatic carbocycles. The zero-order chi connectivity index (χ0) is 13.8. The molecule has 6 heteroatoms. The fraction of sp³-hybridized carbons (Fsp3) is 0.231. The van der Waals surface area contributed by atoms with Crippen molar-refractivity contribution in [3.05, 3.63) is 47.0 Å². The monoisotopic (exact) mass is 323 g/mol. The number of aromatic nitrogens is 2. The first-order chi connectivity index (χ1) is 9.11. The highest BCUT2D eigenvalue weighted by molar-refractivity contribution is 9.10. The van der Waals surface area contributed by atoms with Crippen molar-refractivity contribution in [2.45, 2.75) is 6.04 Å². The number of nitrogens with one attached hydrogen (secondary N) is 1. The number of hydrogen-bond donors (Lipinski definition) is 1. The molecule has 0 saturated carbocycles. The number of rotatable bonds is 4. The van der Waals surface area contributed by atoms with E-state index in [1.54, 1.807) is 17.1 Å². The summed E-state index contributed by atoms with van der Waals surface area (Å²) in [5.41, 5.74) is 1.58. The van der Waals surface area contributed by atoms with Gasteiger partial charge in [-0.15, -0.1) is 0 Å². The summed E-state index contributed by atoms with van der Waals surface area (Å²) in [5.74, 6) is -0.355. The van der Waals surface area contributed by atoms with Gasteiger partial charge in [0.05, 0.1) is 25.3 Å². The molecule has 0 fully saturated rings. The lowest BCUT2D eigenvalue weighted by atomic mass is 10.2. The summed E-state index contributed by atoms with van der Waals surface area (Å²) >= 11 is 3.37. The van der Waals surface area contributed by atoms with Gasteiger partial charge in [0.15, 0.2) is 6.04 Å². The van der Waals surface area contributed by atoms with Crippen LogP contribution in [0.4, 0.5) is 5.69 Å². The molecule has 2 aromatic rings. The molecule has 0 spiro atoms. The van der Waals surface area contributed by atoms with Gasteiger partial charge in [0.25, 0.3) is 0 Å². The molecule has 100 valence electrons. The molecular formula is C13H14BrN3O2. The van der Waals surface area contributed by atoms with Crippen molar-refractivity contribution in [2.75, 3.05) is 12.4 Å². The van der Waals surface area contributed by atoms with Crippen molar-refractivity contribution in [3.63, 3.8) is 0 Å². The van der Waals surface area contributed by atoms with Crippen LogP contribution < -0.4 is 5.32 Å². The van der Waals surface area contributed by atoms with Gasteiger partial charge in [-0.3, -0.25) is 0 Å². The average molecular weight is 324 g/mol. The normalized spacial score (nSPS) is 11.9. The molecule has 1 aromatic carbocycles. The van der Waals surface area contributed by atoms with Crippen LogP contribution in [-0.4, -0.2) is 22.6 Å². The Kier molecular flexibility index (Phi) is 4.21. The van der Waals surface area contributed by atoms with E-state index >= 15 is 0 Å². The number of aryl methyl sites for hydroxylation is 1. The van der Waals surface area contributed by atoms with Gasteiger partial charge in [0.2, 0.25) is 0 Å². The van der Waals surface area contributed by atoms with Crippen LogP contribution in [-0.2, 0) is 16.6 Å². The Morgan fingerprint density at radius 1 is 1.42 bits per heavy atom. The number of carbonyl (C=O) groups excluding carboxylic acids is 1. The van der Waals surface area contributed by atoms with E-state index in [1.165, 1.54) is 7.11 Å². The Morgan fingerprint density at radius 2 is 2.11 bits per heavy atom. The predicted molar refractivity (Wildman–Crippen MR) is 75.7 cm³/mol. The maximum atomic E-state index is 11.9. The minimum absolute atomic E-state index is 0.355. The third-order valence-electron chi connectivity index (χ3n) is 2.74. The molecule has 0 aliphatic rings. The zero-order valence-electron chi connectivity index (χ0n) is 10.6. The summed E-state index contributed by atoms with van der Waals surface area (Å²) in [7, 11) is 3.20. The van der Waals surface area contributed by atoms with Crippen LogP contribution in [0, 0.1) is 0 Å². The molecule has 1 unspecified atom stereocenters. The number of benzene rings is 1. The van der Waals surface area contributed by atoms with Gasteiger partial charge in [0.1, 0.15) is 0 Å². The van der Waals surface area contributed by atoms with Crippen molar-refractivity contribution in [2.24, 2.45) is 7.05 Å². The van der Waals surface area contributed by atoms with Gasteiger partial charge < -0.3 is 14.6 Å². The number of methoxy groups -OCH3 is 1. The maximum absolute atomic E-state index is 11.9. The second-order valence-electron chi connectivity index (χ2n) is 4.04. The molecule has 0 bridgehead atoms. The number of anilines is 1. The molecule has 1 atom stereocenters. The average Bonchev–Trinajstić information content (AvgIpc) is 2.83. The van der Waals surface area contributed by atoms with Crippen molar-refractivity contribution < 1.29 is 9.53 Å². The van der Waals surface area contributed by atoms with Crippen LogP contribution in [0.1, 0.15) is 11.7 Å². The molecule has 0 radical (unpaired) electrons. The van der Waals surface area contributed by atoms with E-state index in [9.17, 15) is 4.79 Å². The summed E-state index contributed by atoms with van der Waals surface area (Å²) in [6.07, 6.45) is 3.29. The van der Waals surface area contributed by atoms with Crippen molar-refractivity contribution in [1.82, 2.24) is 9.55 Å². The molecular weight excluding hydrogens is 310 g/mol. The topological polar surface area (TPSA) is 56.1 Å². The Labute approximate surface area is 119 Å². The lowest BCUT2D eigenvalue weighted by molar-refractivity contribution is -0.141. The van der Waals surface area contributed by atoms with Gasteiger partial charge in [-0.25, -0.2) is 9.78 Å². The highest BCUT2D eigenvalue weighted by atomic mass is 79.9. The van der Waals surface area contributed by atoms with Crippen LogP contribution in [0.15, 0.2) is 41.3 Å². The summed E-state index contributed by atoms with van der Waals surface area (Å²) in [4.78, 5) is 15.9. The number of nitrogens with zero attached hydrogens (tertiary/aromatic N) is 2. The van der Waals surface area contributed by atoms with E-state index in [4.69, 9.17) is 4.74 Å². The van der Waals surface area contributed by atoms with Crippen molar-refractivity contribution in [1.29, 1.82) is 0 Å². The first-order valence-electron chi connectivity index (χ1n) is 5.68. The molecule has 19 heavy (non-hydrogen) atoms. The van der Waals surface area contributed by atoms with E-state index in [1.807, 2.05) is 31.3 Å². The Hall–Kier alpha value is -1.82.